The third-order valence-corrected chi connectivity index (χ3v) is 2.91. The lowest BCUT2D eigenvalue weighted by atomic mass is 10.0. The number of Topliss-reactive ketones (excluding diaryl/α,β-unsaturated/α-hetero) is 1. The highest BCUT2D eigenvalue weighted by atomic mass is 19.4. The van der Waals surface area contributed by atoms with Crippen molar-refractivity contribution in [3.63, 3.8) is 0 Å². The third-order valence-electron chi connectivity index (χ3n) is 2.91. The van der Waals surface area contributed by atoms with Gasteiger partial charge in [0.15, 0.2) is 5.76 Å². The first-order chi connectivity index (χ1) is 9.29. The van der Waals surface area contributed by atoms with E-state index >= 15 is 0 Å². The minimum absolute atomic E-state index is 0.136. The molecule has 0 bridgehead atoms. The van der Waals surface area contributed by atoms with Gasteiger partial charge in [0.25, 0.3) is 0 Å². The fraction of sp³-hybridized carbons (Fsp3) is 0.267. The predicted octanol–water partition coefficient (Wildman–Crippen LogP) is 4.80. The Hall–Kier alpha value is -2.04. The third kappa shape index (κ3) is 2.92. The Bertz CT molecular complexity index is 607. The molecule has 5 heteroatoms. The molecule has 0 fully saturated rings. The van der Waals surface area contributed by atoms with E-state index in [1.54, 1.807) is 19.9 Å². The summed E-state index contributed by atoms with van der Waals surface area (Å²) in [6, 6.07) is 6.28. The Morgan fingerprint density at radius 1 is 1.10 bits per heavy atom. The molecule has 1 aromatic heterocycles. The van der Waals surface area contributed by atoms with E-state index in [1.807, 2.05) is 0 Å². The van der Waals surface area contributed by atoms with Crippen LogP contribution in [0.25, 0.3) is 11.1 Å². The van der Waals surface area contributed by atoms with Crippen LogP contribution in [0, 0.1) is 5.92 Å². The molecular formula is C15H13F3O2. The van der Waals surface area contributed by atoms with Crippen LogP contribution in [0.3, 0.4) is 0 Å². The van der Waals surface area contributed by atoms with E-state index in [1.165, 1.54) is 18.4 Å². The van der Waals surface area contributed by atoms with Crippen molar-refractivity contribution in [1.29, 1.82) is 0 Å². The van der Waals surface area contributed by atoms with E-state index < -0.39 is 11.7 Å². The standard InChI is InChI=1S/C15H13F3O2/c1-9(2)14(19)13-7-11(8-20-13)10-3-5-12(6-4-10)15(16,17)18/h3-9H,1-2H3. The van der Waals surface area contributed by atoms with E-state index in [4.69, 9.17) is 4.42 Å². The number of carbonyl (C=O) groups is 1. The highest BCUT2D eigenvalue weighted by Crippen LogP contribution is 2.31. The van der Waals surface area contributed by atoms with Gasteiger partial charge in [-0.2, -0.15) is 13.2 Å². The van der Waals surface area contributed by atoms with E-state index in [-0.39, 0.29) is 17.5 Å². The molecule has 2 aromatic rings. The molecule has 20 heavy (non-hydrogen) atoms. The van der Waals surface area contributed by atoms with Gasteiger partial charge in [0.1, 0.15) is 0 Å². The highest BCUT2D eigenvalue weighted by molar-refractivity contribution is 5.96. The van der Waals surface area contributed by atoms with Gasteiger partial charge in [-0.25, -0.2) is 0 Å². The summed E-state index contributed by atoms with van der Waals surface area (Å²) >= 11 is 0. The average Bonchev–Trinajstić information content (AvgIpc) is 2.86. The van der Waals surface area contributed by atoms with Crippen LogP contribution >= 0.6 is 0 Å². The van der Waals surface area contributed by atoms with Gasteiger partial charge < -0.3 is 4.42 Å². The maximum atomic E-state index is 12.5. The molecule has 0 saturated heterocycles. The molecule has 1 heterocycles. The zero-order chi connectivity index (χ0) is 14.9. The lowest BCUT2D eigenvalue weighted by molar-refractivity contribution is -0.137. The number of hydrogen-bond donors (Lipinski definition) is 0. The minimum atomic E-state index is -4.35. The fourth-order valence-corrected chi connectivity index (χ4v) is 1.75. The molecule has 0 saturated carbocycles. The van der Waals surface area contributed by atoms with Crippen LogP contribution in [0.5, 0.6) is 0 Å². The van der Waals surface area contributed by atoms with Crippen molar-refractivity contribution in [2.24, 2.45) is 5.92 Å². The van der Waals surface area contributed by atoms with Gasteiger partial charge in [-0.05, 0) is 23.8 Å². The Balaban J connectivity index is 2.27. The van der Waals surface area contributed by atoms with Crippen molar-refractivity contribution in [3.8, 4) is 11.1 Å². The molecule has 0 radical (unpaired) electrons. The number of benzene rings is 1. The van der Waals surface area contributed by atoms with Crippen molar-refractivity contribution in [2.75, 3.05) is 0 Å². The lowest BCUT2D eigenvalue weighted by Gasteiger charge is -2.06. The van der Waals surface area contributed by atoms with Crippen LogP contribution < -0.4 is 0 Å². The Labute approximate surface area is 114 Å². The van der Waals surface area contributed by atoms with Gasteiger partial charge in [-0.3, -0.25) is 4.79 Å². The molecule has 1 aromatic carbocycles. The van der Waals surface area contributed by atoms with Gasteiger partial charge in [0.05, 0.1) is 11.8 Å². The molecule has 0 aliphatic heterocycles. The summed E-state index contributed by atoms with van der Waals surface area (Å²) in [6.45, 7) is 3.51. The minimum Gasteiger partial charge on any atom is -0.461 e. The number of rotatable bonds is 3. The second-order valence-corrected chi connectivity index (χ2v) is 4.79. The summed E-state index contributed by atoms with van der Waals surface area (Å²) in [7, 11) is 0. The number of ketones is 1. The lowest BCUT2D eigenvalue weighted by Crippen LogP contribution is -2.05. The second-order valence-electron chi connectivity index (χ2n) is 4.79. The van der Waals surface area contributed by atoms with E-state index in [0.29, 0.717) is 11.1 Å². The van der Waals surface area contributed by atoms with Crippen LogP contribution in [0.2, 0.25) is 0 Å². The zero-order valence-corrected chi connectivity index (χ0v) is 11.0. The SMILES string of the molecule is CC(C)C(=O)c1cc(-c2ccc(C(F)(F)F)cc2)co1. The maximum Gasteiger partial charge on any atom is 0.416 e. The largest absolute Gasteiger partial charge is 0.461 e. The van der Waals surface area contributed by atoms with Crippen LogP contribution in [0.1, 0.15) is 30.0 Å². The number of carbonyl (C=O) groups excluding carboxylic acids is 1. The van der Waals surface area contributed by atoms with Crippen LogP contribution in [0.4, 0.5) is 13.2 Å². The van der Waals surface area contributed by atoms with Gasteiger partial charge >= 0.3 is 6.18 Å². The second kappa shape index (κ2) is 5.15. The number of hydrogen-bond acceptors (Lipinski definition) is 2. The summed E-state index contributed by atoms with van der Waals surface area (Å²) in [6.07, 6.45) is -2.98. The van der Waals surface area contributed by atoms with Crippen molar-refractivity contribution < 1.29 is 22.4 Å². The monoisotopic (exact) mass is 282 g/mol. The maximum absolute atomic E-state index is 12.5. The molecule has 0 N–H and O–H groups in total. The number of halogens is 3. The van der Waals surface area contributed by atoms with Crippen LogP contribution in [0.15, 0.2) is 41.0 Å². The molecule has 0 amide bonds. The first-order valence-corrected chi connectivity index (χ1v) is 6.09. The highest BCUT2D eigenvalue weighted by Gasteiger charge is 2.30. The normalized spacial score (nSPS) is 11.9. The van der Waals surface area contributed by atoms with Gasteiger partial charge in [0, 0.05) is 11.5 Å². The molecule has 106 valence electrons. The average molecular weight is 282 g/mol. The molecular weight excluding hydrogens is 269 g/mol. The van der Waals surface area contributed by atoms with Gasteiger partial charge in [-0.1, -0.05) is 26.0 Å². The first kappa shape index (κ1) is 14.4. The summed E-state index contributed by atoms with van der Waals surface area (Å²) in [5.74, 6) is -0.111. The summed E-state index contributed by atoms with van der Waals surface area (Å²) in [4.78, 5) is 11.7. The van der Waals surface area contributed by atoms with E-state index in [0.717, 1.165) is 12.1 Å². The first-order valence-electron chi connectivity index (χ1n) is 6.09. The van der Waals surface area contributed by atoms with Crippen LogP contribution in [-0.4, -0.2) is 5.78 Å². The fourth-order valence-electron chi connectivity index (χ4n) is 1.75. The smallest absolute Gasteiger partial charge is 0.416 e. The zero-order valence-electron chi connectivity index (χ0n) is 11.0. The molecule has 2 nitrogen and oxygen atoms in total. The van der Waals surface area contributed by atoms with Gasteiger partial charge in [-0.15, -0.1) is 0 Å². The van der Waals surface area contributed by atoms with Crippen molar-refractivity contribution in [2.45, 2.75) is 20.0 Å². The van der Waals surface area contributed by atoms with Crippen molar-refractivity contribution in [3.05, 3.63) is 47.9 Å². The van der Waals surface area contributed by atoms with Crippen LogP contribution in [-0.2, 0) is 6.18 Å². The molecule has 0 aliphatic carbocycles. The van der Waals surface area contributed by atoms with Crippen molar-refractivity contribution in [1.82, 2.24) is 0 Å². The summed E-state index contributed by atoms with van der Waals surface area (Å²) in [5, 5.41) is 0. The molecule has 0 atom stereocenters. The molecule has 0 unspecified atom stereocenters. The van der Waals surface area contributed by atoms with E-state index in [2.05, 4.69) is 0 Å². The topological polar surface area (TPSA) is 30.2 Å². The Morgan fingerprint density at radius 3 is 2.20 bits per heavy atom. The molecule has 0 spiro atoms. The quantitative estimate of drug-likeness (QED) is 0.757. The summed E-state index contributed by atoms with van der Waals surface area (Å²) in [5.41, 5.74) is 0.454. The van der Waals surface area contributed by atoms with Crippen molar-refractivity contribution >= 4 is 5.78 Å². The molecule has 0 aliphatic rings. The summed E-state index contributed by atoms with van der Waals surface area (Å²) < 4.78 is 42.5. The Kier molecular flexibility index (Phi) is 3.70. The van der Waals surface area contributed by atoms with Gasteiger partial charge in [0.2, 0.25) is 5.78 Å². The molecule has 2 rings (SSSR count). The number of furan rings is 1. The Morgan fingerprint density at radius 2 is 1.70 bits per heavy atom. The van der Waals surface area contributed by atoms with E-state index in [9.17, 15) is 18.0 Å². The predicted molar refractivity (Wildman–Crippen MR) is 68.3 cm³/mol. The number of alkyl halides is 3.